The van der Waals surface area contributed by atoms with Crippen LogP contribution in [0.5, 0.6) is 11.5 Å². The van der Waals surface area contributed by atoms with Gasteiger partial charge >= 0.3 is 6.03 Å². The van der Waals surface area contributed by atoms with E-state index in [2.05, 4.69) is 27.2 Å². The number of likely N-dealkylation sites (N-methyl/N-ethyl adjacent to an activating group) is 1. The van der Waals surface area contributed by atoms with Gasteiger partial charge in [0.2, 0.25) is 5.84 Å². The van der Waals surface area contributed by atoms with E-state index in [9.17, 15) is 14.4 Å². The van der Waals surface area contributed by atoms with Gasteiger partial charge in [-0.1, -0.05) is 6.07 Å². The Bertz CT molecular complexity index is 1640. The molecule has 0 radical (unpaired) electrons. The number of halogens is 2. The van der Waals surface area contributed by atoms with Crippen LogP contribution in [0.1, 0.15) is 42.1 Å². The van der Waals surface area contributed by atoms with Gasteiger partial charge in [-0.2, -0.15) is 4.99 Å². The maximum Gasteiger partial charge on any atom is 0.436 e. The number of amidine groups is 1. The lowest BCUT2D eigenvalue weighted by molar-refractivity contribution is -0.632. The van der Waals surface area contributed by atoms with Crippen molar-refractivity contribution in [2.24, 2.45) is 4.99 Å². The summed E-state index contributed by atoms with van der Waals surface area (Å²) in [5, 5.41) is 2.95. The first-order valence-electron chi connectivity index (χ1n) is 16.1. The fourth-order valence-corrected chi connectivity index (χ4v) is 6.07. The topological polar surface area (TPSA) is 104 Å². The van der Waals surface area contributed by atoms with E-state index in [1.807, 2.05) is 50.3 Å². The number of anilines is 2. The molecule has 0 aromatic heterocycles. The molecule has 13 heteroatoms. The fraction of sp³-hybridized carbons (Fsp3) is 0.389. The molecule has 3 amide bonds. The zero-order chi connectivity index (χ0) is 33.6. The Balaban J connectivity index is 0.00000325. The van der Waals surface area contributed by atoms with Gasteiger partial charge in [0.1, 0.15) is 30.2 Å². The molecule has 3 aliphatic rings. The second-order valence-electron chi connectivity index (χ2n) is 12.3. The predicted octanol–water partition coefficient (Wildman–Crippen LogP) is 6.19. The number of hydrogen-bond donors (Lipinski definition) is 1. The summed E-state index contributed by atoms with van der Waals surface area (Å²) in [7, 11) is 5.32. The first kappa shape index (κ1) is 39.4. The van der Waals surface area contributed by atoms with Gasteiger partial charge < -0.3 is 24.1 Å². The molecule has 0 aliphatic carbocycles. The molecular weight excluding hydrogens is 667 g/mol. The van der Waals surface area contributed by atoms with Crippen molar-refractivity contribution in [2.45, 2.75) is 39.2 Å². The average molecular weight is 715 g/mol. The standard InChI is InChI=1S/C36H44N6O5.2ClH/c1-26-12-15-31(33(22-26)47-21-9-7-10-29(25-43)41-18-16-39(3)17-19-41)40(4)35(44)28-13-14-30(32(23-28)46-5)38-36(45)42-20-8-6-11-34(42)37-27(2)24-42;;/h6,8,11-15,20,22-25,29H,7,9-10,16-19,21H2,1-5H3;2*1H/p+1. The number of unbranched alkanes of at least 4 members (excludes halogenated alkanes) is 1. The Morgan fingerprint density at radius 3 is 2.51 bits per heavy atom. The molecule has 1 fully saturated rings. The Morgan fingerprint density at radius 2 is 1.80 bits per heavy atom. The first-order chi connectivity index (χ1) is 22.6. The number of aryl methyl sites for hydroxylation is 1. The monoisotopic (exact) mass is 713 g/mol. The van der Waals surface area contributed by atoms with E-state index in [4.69, 9.17) is 9.47 Å². The molecule has 2 aromatic carbocycles. The number of amides is 3. The lowest BCUT2D eigenvalue weighted by Crippen LogP contribution is -2.49. The lowest BCUT2D eigenvalue weighted by atomic mass is 10.1. The van der Waals surface area contributed by atoms with E-state index < -0.39 is 0 Å². The maximum atomic E-state index is 13.7. The van der Waals surface area contributed by atoms with Crippen molar-refractivity contribution in [3.05, 3.63) is 83.9 Å². The molecule has 0 saturated carbocycles. The third-order valence-corrected chi connectivity index (χ3v) is 8.86. The van der Waals surface area contributed by atoms with Gasteiger partial charge in [-0.15, -0.1) is 29.3 Å². The molecule has 11 nitrogen and oxygen atoms in total. The Morgan fingerprint density at radius 1 is 1.04 bits per heavy atom. The smallest absolute Gasteiger partial charge is 0.436 e. The molecule has 2 unspecified atom stereocenters. The molecule has 49 heavy (non-hydrogen) atoms. The van der Waals surface area contributed by atoms with Gasteiger partial charge in [0.05, 0.1) is 36.8 Å². The number of allylic oxidation sites excluding steroid dienone is 3. The van der Waals surface area contributed by atoms with E-state index in [1.165, 1.54) is 7.11 Å². The predicted molar refractivity (Wildman–Crippen MR) is 198 cm³/mol. The minimum Gasteiger partial charge on any atom is -0.495 e. The number of nitrogens with zero attached hydrogens (tertiary/aromatic N) is 5. The summed E-state index contributed by atoms with van der Waals surface area (Å²) >= 11 is 0. The number of nitrogens with one attached hydrogen (secondary N) is 1. The van der Waals surface area contributed by atoms with Crippen LogP contribution in [0.15, 0.2) is 77.7 Å². The Hall–Kier alpha value is -4.00. The summed E-state index contributed by atoms with van der Waals surface area (Å²) < 4.78 is 11.6. The molecule has 0 bridgehead atoms. The van der Waals surface area contributed by atoms with E-state index in [0.29, 0.717) is 40.9 Å². The number of aliphatic imine (C=N–C) groups is 1. The van der Waals surface area contributed by atoms with Crippen LogP contribution in [0.4, 0.5) is 16.2 Å². The highest BCUT2D eigenvalue weighted by atomic mass is 35.5. The molecule has 1 saturated heterocycles. The zero-order valence-corrected chi connectivity index (χ0v) is 30.4. The highest BCUT2D eigenvalue weighted by molar-refractivity contribution is 6.08. The molecule has 1 N–H and O–H groups in total. The number of fused-ring (bicyclic) bond motifs is 1. The highest BCUT2D eigenvalue weighted by Gasteiger charge is 2.44. The number of carbonyl (C=O) groups is 3. The van der Waals surface area contributed by atoms with Gasteiger partial charge in [-0.3, -0.25) is 15.0 Å². The van der Waals surface area contributed by atoms with Crippen molar-refractivity contribution >= 4 is 60.2 Å². The van der Waals surface area contributed by atoms with Crippen LogP contribution in [0.25, 0.3) is 0 Å². The van der Waals surface area contributed by atoms with Crippen LogP contribution in [0.2, 0.25) is 0 Å². The van der Waals surface area contributed by atoms with Gasteiger partial charge in [0.15, 0.2) is 0 Å². The summed E-state index contributed by atoms with van der Waals surface area (Å²) in [6.45, 7) is 8.09. The van der Waals surface area contributed by atoms with Crippen LogP contribution < -0.4 is 19.7 Å². The largest absolute Gasteiger partial charge is 0.495 e. The van der Waals surface area contributed by atoms with Crippen LogP contribution in [0, 0.1) is 6.92 Å². The van der Waals surface area contributed by atoms with Crippen molar-refractivity contribution in [3.63, 3.8) is 0 Å². The minimum absolute atomic E-state index is 0. The van der Waals surface area contributed by atoms with Gasteiger partial charge in [-0.25, -0.2) is 4.79 Å². The number of aldehydes is 1. The third kappa shape index (κ3) is 8.97. The van der Waals surface area contributed by atoms with Gasteiger partial charge in [0, 0.05) is 44.9 Å². The number of urea groups is 1. The zero-order valence-electron chi connectivity index (χ0n) is 28.8. The van der Waals surface area contributed by atoms with Crippen LogP contribution in [0.3, 0.4) is 0 Å². The quantitative estimate of drug-likeness (QED) is 0.159. The van der Waals surface area contributed by atoms with Crippen molar-refractivity contribution in [1.82, 2.24) is 9.80 Å². The van der Waals surface area contributed by atoms with Crippen molar-refractivity contribution in [3.8, 4) is 11.5 Å². The minimum atomic E-state index is -0.321. The van der Waals surface area contributed by atoms with E-state index in [-0.39, 0.29) is 47.3 Å². The summed E-state index contributed by atoms with van der Waals surface area (Å²) in [6, 6.07) is 10.3. The summed E-state index contributed by atoms with van der Waals surface area (Å²) in [5.74, 6) is 1.32. The summed E-state index contributed by atoms with van der Waals surface area (Å²) in [5.41, 5.74) is 3.24. The van der Waals surface area contributed by atoms with Crippen molar-refractivity contribution < 1.29 is 28.3 Å². The number of methoxy groups -OCH3 is 1. The average Bonchev–Trinajstić information content (AvgIpc) is 3.43. The van der Waals surface area contributed by atoms with Gasteiger partial charge in [0.25, 0.3) is 5.91 Å². The summed E-state index contributed by atoms with van der Waals surface area (Å²) in [6.07, 6.45) is 12.5. The molecule has 2 aromatic rings. The van der Waals surface area contributed by atoms with Gasteiger partial charge in [-0.05, 0) is 88.2 Å². The third-order valence-electron chi connectivity index (χ3n) is 8.86. The highest BCUT2D eigenvalue weighted by Crippen LogP contribution is 2.33. The second-order valence-corrected chi connectivity index (χ2v) is 12.3. The number of ether oxygens (including phenoxy) is 2. The lowest BCUT2D eigenvalue weighted by Gasteiger charge is -2.35. The Labute approximate surface area is 301 Å². The number of hydrogen-bond acceptors (Lipinski definition) is 8. The number of quaternary nitrogens is 1. The molecule has 2 atom stereocenters. The van der Waals surface area contributed by atoms with Crippen LogP contribution >= 0.6 is 24.8 Å². The van der Waals surface area contributed by atoms with E-state index >= 15 is 0 Å². The molecule has 3 aliphatic heterocycles. The number of piperazine rings is 1. The number of carbonyl (C=O) groups excluding carboxylic acids is 3. The maximum absolute atomic E-state index is 13.7. The molecular formula is C36H47Cl2N6O5+. The van der Waals surface area contributed by atoms with Crippen LogP contribution in [-0.4, -0.2) is 98.4 Å². The molecule has 264 valence electrons. The molecule has 3 heterocycles. The van der Waals surface area contributed by atoms with Crippen LogP contribution in [-0.2, 0) is 4.79 Å². The molecule has 5 rings (SSSR count). The van der Waals surface area contributed by atoms with E-state index in [1.54, 1.807) is 42.5 Å². The van der Waals surface area contributed by atoms with Crippen molar-refractivity contribution in [2.75, 3.05) is 64.2 Å². The van der Waals surface area contributed by atoms with Crippen molar-refractivity contribution in [1.29, 1.82) is 0 Å². The number of benzene rings is 2. The SMILES string of the molecule is COc1cc(C(=O)N(C)c2ccc(C)cc2OCCCCC(C=O)N2CCN(C)CC2)ccc1NC(=O)[N+]12C=CC=CC1=NC(C)=C2.Cl.Cl. The normalized spacial score (nSPS) is 19.0. The van der Waals surface area contributed by atoms with E-state index in [0.717, 1.165) is 63.0 Å². The second kappa shape index (κ2) is 17.6. The fourth-order valence-electron chi connectivity index (χ4n) is 6.07. The molecule has 0 spiro atoms. The number of rotatable bonds is 12. The first-order valence-corrected chi connectivity index (χ1v) is 16.1. The Kier molecular flexibility index (Phi) is 14.2. The summed E-state index contributed by atoms with van der Waals surface area (Å²) in [4.78, 5) is 49.6.